The van der Waals surface area contributed by atoms with Crippen LogP contribution in [0, 0.1) is 6.92 Å². The summed E-state index contributed by atoms with van der Waals surface area (Å²) in [4.78, 5) is 13.7. The highest BCUT2D eigenvalue weighted by Gasteiger charge is 2.07. The van der Waals surface area contributed by atoms with Crippen LogP contribution in [0.25, 0.3) is 0 Å². The SMILES string of the molecule is CCC(C)c1cc(C=O)c(C)[nH]1. The van der Waals surface area contributed by atoms with E-state index in [2.05, 4.69) is 18.8 Å². The van der Waals surface area contributed by atoms with E-state index in [9.17, 15) is 4.79 Å². The van der Waals surface area contributed by atoms with Gasteiger partial charge < -0.3 is 4.98 Å². The molecule has 0 saturated carbocycles. The van der Waals surface area contributed by atoms with E-state index in [1.807, 2.05) is 13.0 Å². The molecule has 2 heteroatoms. The molecule has 0 aliphatic rings. The first-order valence-electron chi connectivity index (χ1n) is 4.33. The summed E-state index contributed by atoms with van der Waals surface area (Å²) in [7, 11) is 0. The van der Waals surface area contributed by atoms with Crippen molar-refractivity contribution in [2.24, 2.45) is 0 Å². The largest absolute Gasteiger partial charge is 0.362 e. The molecule has 1 aromatic heterocycles. The standard InChI is InChI=1S/C10H15NO/c1-4-7(2)10-5-9(6-12)8(3)11-10/h5-7,11H,4H2,1-3H3. The number of hydrogen-bond donors (Lipinski definition) is 1. The highest BCUT2D eigenvalue weighted by atomic mass is 16.1. The van der Waals surface area contributed by atoms with Crippen molar-refractivity contribution < 1.29 is 4.79 Å². The van der Waals surface area contributed by atoms with Crippen molar-refractivity contribution in [3.63, 3.8) is 0 Å². The monoisotopic (exact) mass is 165 g/mol. The van der Waals surface area contributed by atoms with Crippen molar-refractivity contribution in [1.82, 2.24) is 4.98 Å². The minimum absolute atomic E-state index is 0.511. The summed E-state index contributed by atoms with van der Waals surface area (Å²) in [5, 5.41) is 0. The number of hydrogen-bond acceptors (Lipinski definition) is 1. The zero-order valence-electron chi connectivity index (χ0n) is 7.85. The van der Waals surface area contributed by atoms with Gasteiger partial charge in [0.2, 0.25) is 0 Å². The number of H-pyrrole nitrogens is 1. The summed E-state index contributed by atoms with van der Waals surface area (Å²) >= 11 is 0. The molecule has 1 aromatic rings. The van der Waals surface area contributed by atoms with Crippen molar-refractivity contribution in [2.75, 3.05) is 0 Å². The predicted molar refractivity (Wildman–Crippen MR) is 49.6 cm³/mol. The van der Waals surface area contributed by atoms with Crippen molar-refractivity contribution >= 4 is 6.29 Å². The van der Waals surface area contributed by atoms with E-state index in [0.29, 0.717) is 5.92 Å². The molecule has 1 unspecified atom stereocenters. The molecule has 1 heterocycles. The first kappa shape index (κ1) is 9.04. The quantitative estimate of drug-likeness (QED) is 0.686. The fourth-order valence-electron chi connectivity index (χ4n) is 1.21. The lowest BCUT2D eigenvalue weighted by molar-refractivity contribution is 0.112. The number of aldehydes is 1. The number of carbonyl (C=O) groups is 1. The Bertz CT molecular complexity index is 275. The van der Waals surface area contributed by atoms with Crippen LogP contribution in [0.3, 0.4) is 0 Å². The van der Waals surface area contributed by atoms with Gasteiger partial charge in [-0.05, 0) is 25.3 Å². The first-order chi connectivity index (χ1) is 5.69. The fraction of sp³-hybridized carbons (Fsp3) is 0.500. The van der Waals surface area contributed by atoms with Gasteiger partial charge in [0.25, 0.3) is 0 Å². The summed E-state index contributed by atoms with van der Waals surface area (Å²) in [6.45, 7) is 6.22. The third kappa shape index (κ3) is 1.58. The molecule has 2 nitrogen and oxygen atoms in total. The summed E-state index contributed by atoms with van der Waals surface area (Å²) in [6.07, 6.45) is 2.00. The molecule has 1 N–H and O–H groups in total. The Morgan fingerprint density at radius 2 is 2.33 bits per heavy atom. The number of aromatic amines is 1. The Morgan fingerprint density at radius 3 is 2.75 bits per heavy atom. The summed E-state index contributed by atoms with van der Waals surface area (Å²) in [5.74, 6) is 0.511. The Kier molecular flexibility index (Phi) is 2.69. The molecule has 1 atom stereocenters. The third-order valence-corrected chi connectivity index (χ3v) is 2.35. The van der Waals surface area contributed by atoms with Crippen LogP contribution in [0.4, 0.5) is 0 Å². The molecular formula is C10H15NO. The van der Waals surface area contributed by atoms with E-state index in [4.69, 9.17) is 0 Å². The molecule has 66 valence electrons. The van der Waals surface area contributed by atoms with Crippen LogP contribution in [-0.4, -0.2) is 11.3 Å². The number of aryl methyl sites for hydroxylation is 1. The lowest BCUT2D eigenvalue weighted by atomic mass is 10.1. The Balaban J connectivity index is 2.96. The summed E-state index contributed by atoms with van der Waals surface area (Å²) < 4.78 is 0. The van der Waals surface area contributed by atoms with E-state index in [-0.39, 0.29) is 0 Å². The molecule has 0 radical (unpaired) electrons. The van der Waals surface area contributed by atoms with E-state index in [1.54, 1.807) is 0 Å². The average molecular weight is 165 g/mol. The predicted octanol–water partition coefficient (Wildman–Crippen LogP) is 2.65. The molecule has 0 fully saturated rings. The van der Waals surface area contributed by atoms with Gasteiger partial charge in [0.1, 0.15) is 0 Å². The Hall–Kier alpha value is -1.05. The molecule has 0 aliphatic carbocycles. The fourth-order valence-corrected chi connectivity index (χ4v) is 1.21. The minimum Gasteiger partial charge on any atom is -0.362 e. The van der Waals surface area contributed by atoms with Crippen LogP contribution in [0.15, 0.2) is 6.07 Å². The number of carbonyl (C=O) groups excluding carboxylic acids is 1. The number of rotatable bonds is 3. The molecular weight excluding hydrogens is 150 g/mol. The smallest absolute Gasteiger partial charge is 0.151 e. The zero-order chi connectivity index (χ0) is 9.14. The second-order valence-corrected chi connectivity index (χ2v) is 3.23. The van der Waals surface area contributed by atoms with Crippen LogP contribution in [0.5, 0.6) is 0 Å². The topological polar surface area (TPSA) is 32.9 Å². The second-order valence-electron chi connectivity index (χ2n) is 3.23. The average Bonchev–Trinajstić information content (AvgIpc) is 2.45. The first-order valence-corrected chi connectivity index (χ1v) is 4.33. The molecule has 0 aliphatic heterocycles. The summed E-state index contributed by atoms with van der Waals surface area (Å²) in [6, 6.07) is 1.94. The molecule has 12 heavy (non-hydrogen) atoms. The van der Waals surface area contributed by atoms with E-state index in [1.165, 1.54) is 0 Å². The van der Waals surface area contributed by atoms with E-state index >= 15 is 0 Å². The van der Waals surface area contributed by atoms with Gasteiger partial charge in [-0.15, -0.1) is 0 Å². The molecule has 0 aromatic carbocycles. The molecule has 0 saturated heterocycles. The number of nitrogens with one attached hydrogen (secondary N) is 1. The lowest BCUT2D eigenvalue weighted by Crippen LogP contribution is -1.90. The van der Waals surface area contributed by atoms with Gasteiger partial charge in [-0.25, -0.2) is 0 Å². The normalized spacial score (nSPS) is 12.9. The Morgan fingerprint density at radius 1 is 1.67 bits per heavy atom. The summed E-state index contributed by atoms with van der Waals surface area (Å²) in [5.41, 5.74) is 2.92. The highest BCUT2D eigenvalue weighted by molar-refractivity contribution is 5.76. The minimum atomic E-state index is 0.511. The van der Waals surface area contributed by atoms with Crippen LogP contribution in [0.2, 0.25) is 0 Å². The van der Waals surface area contributed by atoms with Crippen LogP contribution >= 0.6 is 0 Å². The van der Waals surface area contributed by atoms with Crippen molar-refractivity contribution in [2.45, 2.75) is 33.1 Å². The maximum absolute atomic E-state index is 10.5. The molecule has 1 rings (SSSR count). The van der Waals surface area contributed by atoms with E-state index in [0.717, 1.165) is 29.7 Å². The van der Waals surface area contributed by atoms with Gasteiger partial charge in [-0.1, -0.05) is 13.8 Å². The van der Waals surface area contributed by atoms with Crippen molar-refractivity contribution in [1.29, 1.82) is 0 Å². The van der Waals surface area contributed by atoms with Crippen LogP contribution < -0.4 is 0 Å². The number of aromatic nitrogens is 1. The van der Waals surface area contributed by atoms with Crippen molar-refractivity contribution in [3.05, 3.63) is 23.0 Å². The van der Waals surface area contributed by atoms with Crippen LogP contribution in [0.1, 0.15) is 47.9 Å². The van der Waals surface area contributed by atoms with Gasteiger partial charge in [0, 0.05) is 17.0 Å². The van der Waals surface area contributed by atoms with Gasteiger partial charge in [0.15, 0.2) is 6.29 Å². The highest BCUT2D eigenvalue weighted by Crippen LogP contribution is 2.19. The maximum Gasteiger partial charge on any atom is 0.151 e. The van der Waals surface area contributed by atoms with Gasteiger partial charge in [-0.3, -0.25) is 4.79 Å². The zero-order valence-corrected chi connectivity index (χ0v) is 7.85. The second kappa shape index (κ2) is 3.57. The van der Waals surface area contributed by atoms with E-state index < -0.39 is 0 Å². The molecule has 0 bridgehead atoms. The third-order valence-electron chi connectivity index (χ3n) is 2.35. The lowest BCUT2D eigenvalue weighted by Gasteiger charge is -2.03. The Labute approximate surface area is 73.0 Å². The van der Waals surface area contributed by atoms with Gasteiger partial charge in [-0.2, -0.15) is 0 Å². The maximum atomic E-state index is 10.5. The van der Waals surface area contributed by atoms with Crippen LogP contribution in [-0.2, 0) is 0 Å². The van der Waals surface area contributed by atoms with Crippen molar-refractivity contribution in [3.8, 4) is 0 Å². The molecule has 0 amide bonds. The van der Waals surface area contributed by atoms with Gasteiger partial charge in [0.05, 0.1) is 0 Å². The van der Waals surface area contributed by atoms with Gasteiger partial charge >= 0.3 is 0 Å². The molecule has 0 spiro atoms.